The molecule has 6 nitrogen and oxygen atoms in total. The van der Waals surface area contributed by atoms with Gasteiger partial charge in [0.25, 0.3) is 11.5 Å². The third-order valence-corrected chi connectivity index (χ3v) is 3.80. The number of nitrogens with zero attached hydrogens (tertiary/aromatic N) is 3. The second-order valence-electron chi connectivity index (χ2n) is 7.67. The summed E-state index contributed by atoms with van der Waals surface area (Å²) in [5, 5.41) is 2.96. The first-order valence-corrected chi connectivity index (χ1v) is 8.81. The Labute approximate surface area is 154 Å². The van der Waals surface area contributed by atoms with E-state index in [0.29, 0.717) is 17.9 Å². The third kappa shape index (κ3) is 5.26. The van der Waals surface area contributed by atoms with Crippen LogP contribution in [0.1, 0.15) is 37.7 Å². The summed E-state index contributed by atoms with van der Waals surface area (Å²) < 4.78 is 1.54. The lowest BCUT2D eigenvalue weighted by Gasteiger charge is -2.23. The zero-order valence-electron chi connectivity index (χ0n) is 16.2. The number of carbonyl (C=O) groups is 1. The monoisotopic (exact) mass is 356 g/mol. The summed E-state index contributed by atoms with van der Waals surface area (Å²) >= 11 is 0. The maximum absolute atomic E-state index is 13.0. The molecule has 1 aromatic heterocycles. The molecule has 26 heavy (non-hydrogen) atoms. The van der Waals surface area contributed by atoms with Crippen molar-refractivity contribution in [2.24, 2.45) is 0 Å². The van der Waals surface area contributed by atoms with Crippen molar-refractivity contribution < 1.29 is 4.79 Å². The molecule has 6 heteroatoms. The average Bonchev–Trinajstić information content (AvgIpc) is 2.55. The van der Waals surface area contributed by atoms with Crippen LogP contribution >= 0.6 is 0 Å². The zero-order valence-corrected chi connectivity index (χ0v) is 16.2. The summed E-state index contributed by atoms with van der Waals surface area (Å²) in [5.41, 5.74) is 0.982. The Balaban J connectivity index is 2.54. The Bertz CT molecular complexity index is 805. The van der Waals surface area contributed by atoms with E-state index in [9.17, 15) is 9.59 Å². The second-order valence-corrected chi connectivity index (χ2v) is 7.67. The Morgan fingerprint density at radius 1 is 1.19 bits per heavy atom. The van der Waals surface area contributed by atoms with Crippen LogP contribution in [0.4, 0.5) is 0 Å². The number of rotatable bonds is 6. The molecule has 0 bridgehead atoms. The molecule has 0 aliphatic rings. The van der Waals surface area contributed by atoms with E-state index in [-0.39, 0.29) is 11.5 Å². The highest BCUT2D eigenvalue weighted by atomic mass is 16.2. The summed E-state index contributed by atoms with van der Waals surface area (Å²) in [5.74, 6) is -0.286. The molecule has 0 saturated heterocycles. The summed E-state index contributed by atoms with van der Waals surface area (Å²) in [6.45, 7) is 7.04. The van der Waals surface area contributed by atoms with Crippen molar-refractivity contribution in [3.8, 4) is 11.3 Å². The van der Waals surface area contributed by atoms with Crippen LogP contribution in [0.15, 0.2) is 41.3 Å². The zero-order chi connectivity index (χ0) is 19.3. The molecule has 2 rings (SSSR count). The molecule has 0 radical (unpaired) electrons. The van der Waals surface area contributed by atoms with Crippen LogP contribution < -0.4 is 10.9 Å². The first-order chi connectivity index (χ1) is 12.2. The van der Waals surface area contributed by atoms with Gasteiger partial charge in [-0.15, -0.1) is 0 Å². The average molecular weight is 356 g/mol. The van der Waals surface area contributed by atoms with Crippen molar-refractivity contribution in [2.75, 3.05) is 20.6 Å². The first-order valence-electron chi connectivity index (χ1n) is 8.81. The van der Waals surface area contributed by atoms with E-state index in [0.717, 1.165) is 18.5 Å². The number of hydrogen-bond acceptors (Lipinski definition) is 4. The molecular formula is C20H28N4O2. The highest BCUT2D eigenvalue weighted by Gasteiger charge is 2.23. The minimum Gasteiger partial charge on any atom is -0.346 e. The molecule has 0 fully saturated rings. The molecule has 0 unspecified atom stereocenters. The molecule has 0 atom stereocenters. The van der Waals surface area contributed by atoms with Gasteiger partial charge in [0.2, 0.25) is 0 Å². The van der Waals surface area contributed by atoms with Crippen molar-refractivity contribution in [2.45, 2.75) is 39.3 Å². The number of amides is 1. The lowest BCUT2D eigenvalue weighted by Crippen LogP contribution is -2.43. The molecule has 1 amide bonds. The van der Waals surface area contributed by atoms with E-state index in [4.69, 9.17) is 0 Å². The fraction of sp³-hybridized carbons (Fsp3) is 0.450. The molecule has 1 aromatic carbocycles. The molecule has 1 heterocycles. The largest absolute Gasteiger partial charge is 0.346 e. The molecule has 0 saturated carbocycles. The number of carbonyl (C=O) groups excluding carboxylic acids is 1. The van der Waals surface area contributed by atoms with Crippen molar-refractivity contribution in [3.05, 3.63) is 52.6 Å². The predicted molar refractivity (Wildman–Crippen MR) is 104 cm³/mol. The van der Waals surface area contributed by atoms with E-state index in [2.05, 4.69) is 15.2 Å². The van der Waals surface area contributed by atoms with Crippen molar-refractivity contribution >= 4 is 5.91 Å². The molecule has 0 spiro atoms. The summed E-state index contributed by atoms with van der Waals surface area (Å²) in [7, 11) is 3.97. The predicted octanol–water partition coefficient (Wildman–Crippen LogP) is 2.39. The first kappa shape index (κ1) is 19.8. The summed E-state index contributed by atoms with van der Waals surface area (Å²) in [6.07, 6.45) is 2.06. The van der Waals surface area contributed by atoms with Gasteiger partial charge >= 0.3 is 0 Å². The van der Waals surface area contributed by atoms with Gasteiger partial charge in [0, 0.05) is 17.6 Å². The van der Waals surface area contributed by atoms with Gasteiger partial charge in [-0.1, -0.05) is 30.3 Å². The fourth-order valence-corrected chi connectivity index (χ4v) is 2.69. The quantitative estimate of drug-likeness (QED) is 0.863. The lowest BCUT2D eigenvalue weighted by molar-refractivity contribution is 0.0908. The molecule has 1 N–H and O–H groups in total. The van der Waals surface area contributed by atoms with Gasteiger partial charge in [0.15, 0.2) is 0 Å². The van der Waals surface area contributed by atoms with Crippen LogP contribution in [0.5, 0.6) is 0 Å². The normalized spacial score (nSPS) is 11.6. The Morgan fingerprint density at radius 3 is 2.42 bits per heavy atom. The summed E-state index contributed by atoms with van der Waals surface area (Å²) in [4.78, 5) is 31.8. The Hall–Kier alpha value is -2.47. The number of nitrogens with one attached hydrogen (secondary N) is 1. The molecule has 0 aliphatic heterocycles. The van der Waals surface area contributed by atoms with Gasteiger partial charge < -0.3 is 14.8 Å². The van der Waals surface area contributed by atoms with Gasteiger partial charge in [0.05, 0.1) is 11.9 Å². The van der Waals surface area contributed by atoms with Crippen molar-refractivity contribution in [1.82, 2.24) is 19.8 Å². The maximum Gasteiger partial charge on any atom is 0.270 e. The minimum atomic E-state index is -0.411. The molecule has 140 valence electrons. The number of benzene rings is 1. The lowest BCUT2D eigenvalue weighted by atomic mass is 10.1. The van der Waals surface area contributed by atoms with Crippen LogP contribution in [0, 0.1) is 0 Å². The van der Waals surface area contributed by atoms with Crippen molar-refractivity contribution in [3.63, 3.8) is 0 Å². The summed E-state index contributed by atoms with van der Waals surface area (Å²) in [6, 6.07) is 9.48. The Kier molecular flexibility index (Phi) is 6.32. The molecule has 0 aliphatic carbocycles. The third-order valence-electron chi connectivity index (χ3n) is 3.80. The van der Waals surface area contributed by atoms with Crippen LogP contribution in [0.3, 0.4) is 0 Å². The van der Waals surface area contributed by atoms with Crippen molar-refractivity contribution in [1.29, 1.82) is 0 Å². The highest BCUT2D eigenvalue weighted by molar-refractivity contribution is 5.98. The van der Waals surface area contributed by atoms with E-state index in [1.54, 1.807) is 4.57 Å². The van der Waals surface area contributed by atoms with Gasteiger partial charge in [-0.25, -0.2) is 4.98 Å². The topological polar surface area (TPSA) is 67.2 Å². The minimum absolute atomic E-state index is 0.262. The van der Waals surface area contributed by atoms with Gasteiger partial charge in [0.1, 0.15) is 5.69 Å². The maximum atomic E-state index is 13.0. The van der Waals surface area contributed by atoms with Crippen LogP contribution in [-0.4, -0.2) is 46.5 Å². The fourth-order valence-electron chi connectivity index (χ4n) is 2.69. The SMILES string of the molecule is CN(C)CCCn1c(C(=O)NC(C)(C)C)c(-c2ccccc2)ncc1=O. The number of hydrogen-bond donors (Lipinski definition) is 1. The standard InChI is InChI=1S/C20H28N4O2/c1-20(2,3)22-19(26)18-17(15-10-7-6-8-11-15)21-14-16(25)24(18)13-9-12-23(4)5/h6-8,10-11,14H,9,12-13H2,1-5H3,(H,22,26). The second kappa shape index (κ2) is 8.27. The van der Waals surface area contributed by atoms with E-state index < -0.39 is 5.54 Å². The van der Waals surface area contributed by atoms with Crippen LogP contribution in [0.2, 0.25) is 0 Å². The van der Waals surface area contributed by atoms with Gasteiger partial charge in [-0.05, 0) is 47.8 Å². The van der Waals surface area contributed by atoms with E-state index >= 15 is 0 Å². The van der Waals surface area contributed by atoms with Gasteiger partial charge in [-0.3, -0.25) is 9.59 Å². The van der Waals surface area contributed by atoms with E-state index in [1.807, 2.05) is 65.2 Å². The smallest absolute Gasteiger partial charge is 0.270 e. The van der Waals surface area contributed by atoms with Crippen LogP contribution in [0.25, 0.3) is 11.3 Å². The van der Waals surface area contributed by atoms with Crippen LogP contribution in [-0.2, 0) is 6.54 Å². The molecule has 2 aromatic rings. The number of aromatic nitrogens is 2. The highest BCUT2D eigenvalue weighted by Crippen LogP contribution is 2.21. The van der Waals surface area contributed by atoms with E-state index in [1.165, 1.54) is 6.20 Å². The Morgan fingerprint density at radius 2 is 1.85 bits per heavy atom. The molecular weight excluding hydrogens is 328 g/mol. The van der Waals surface area contributed by atoms with Gasteiger partial charge in [-0.2, -0.15) is 0 Å².